The van der Waals surface area contributed by atoms with Crippen LogP contribution in [-0.2, 0) is 6.54 Å². The van der Waals surface area contributed by atoms with Crippen molar-refractivity contribution in [2.24, 2.45) is 11.8 Å². The average molecular weight is 207 g/mol. The molecule has 1 aromatic rings. The van der Waals surface area contributed by atoms with Crippen molar-refractivity contribution < 1.29 is 0 Å². The summed E-state index contributed by atoms with van der Waals surface area (Å²) in [6.45, 7) is 3.30. The Morgan fingerprint density at radius 3 is 2.79 bits per heavy atom. The van der Waals surface area contributed by atoms with E-state index >= 15 is 0 Å². The van der Waals surface area contributed by atoms with Crippen LogP contribution in [0.15, 0.2) is 11.4 Å². The molecule has 0 aromatic carbocycles. The molecule has 1 heterocycles. The van der Waals surface area contributed by atoms with E-state index in [1.165, 1.54) is 29.7 Å². The maximum atomic E-state index is 3.69. The molecule has 0 aliphatic heterocycles. The summed E-state index contributed by atoms with van der Waals surface area (Å²) in [5.74, 6) is 2.19. The van der Waals surface area contributed by atoms with E-state index in [1.54, 1.807) is 0 Å². The standard InChI is InChI=1S/C12H17NS/c1-8-9(2-3-14-8)7-13-12-5-10-4-11(10)6-12/h2-3,10-13H,4-7H2,1H3. The number of rotatable bonds is 3. The van der Waals surface area contributed by atoms with Crippen LogP contribution in [-0.4, -0.2) is 6.04 Å². The van der Waals surface area contributed by atoms with Crippen LogP contribution in [0.25, 0.3) is 0 Å². The summed E-state index contributed by atoms with van der Waals surface area (Å²) in [6, 6.07) is 3.07. The zero-order valence-corrected chi connectivity index (χ0v) is 9.44. The third-order valence-corrected chi connectivity index (χ3v) is 4.68. The number of thiophene rings is 1. The summed E-state index contributed by atoms with van der Waals surface area (Å²) in [5.41, 5.74) is 1.50. The third-order valence-electron chi connectivity index (χ3n) is 3.79. The summed E-state index contributed by atoms with van der Waals surface area (Å²) in [5, 5.41) is 5.89. The van der Waals surface area contributed by atoms with Crippen LogP contribution in [0.1, 0.15) is 29.7 Å². The largest absolute Gasteiger partial charge is 0.310 e. The second-order valence-corrected chi connectivity index (χ2v) is 5.93. The minimum Gasteiger partial charge on any atom is -0.310 e. The van der Waals surface area contributed by atoms with Crippen LogP contribution in [0.3, 0.4) is 0 Å². The van der Waals surface area contributed by atoms with Gasteiger partial charge in [0.05, 0.1) is 0 Å². The van der Waals surface area contributed by atoms with E-state index in [9.17, 15) is 0 Å². The molecule has 2 heteroatoms. The fourth-order valence-electron chi connectivity index (χ4n) is 2.73. The Morgan fingerprint density at radius 1 is 1.36 bits per heavy atom. The molecule has 1 N–H and O–H groups in total. The van der Waals surface area contributed by atoms with Gasteiger partial charge in [-0.3, -0.25) is 0 Å². The zero-order valence-electron chi connectivity index (χ0n) is 8.62. The smallest absolute Gasteiger partial charge is 0.0219 e. The van der Waals surface area contributed by atoms with Crippen molar-refractivity contribution >= 4 is 11.3 Å². The van der Waals surface area contributed by atoms with Crippen molar-refractivity contribution in [3.63, 3.8) is 0 Å². The highest BCUT2D eigenvalue weighted by Gasteiger charge is 2.45. The quantitative estimate of drug-likeness (QED) is 0.803. The van der Waals surface area contributed by atoms with Gasteiger partial charge in [-0.25, -0.2) is 0 Å². The van der Waals surface area contributed by atoms with Crippen molar-refractivity contribution in [2.45, 2.75) is 38.8 Å². The molecule has 2 atom stereocenters. The number of hydrogen-bond acceptors (Lipinski definition) is 2. The van der Waals surface area contributed by atoms with E-state index < -0.39 is 0 Å². The molecule has 14 heavy (non-hydrogen) atoms. The normalized spacial score (nSPS) is 34.5. The summed E-state index contributed by atoms with van der Waals surface area (Å²) in [7, 11) is 0. The Labute approximate surface area is 89.5 Å². The highest BCUT2D eigenvalue weighted by molar-refractivity contribution is 7.10. The first-order chi connectivity index (χ1) is 6.83. The molecule has 3 rings (SSSR count). The van der Waals surface area contributed by atoms with Gasteiger partial charge in [0.1, 0.15) is 0 Å². The van der Waals surface area contributed by atoms with Gasteiger partial charge in [0, 0.05) is 17.5 Å². The molecule has 2 fully saturated rings. The fourth-order valence-corrected chi connectivity index (χ4v) is 3.46. The molecule has 0 bridgehead atoms. The van der Waals surface area contributed by atoms with Gasteiger partial charge >= 0.3 is 0 Å². The van der Waals surface area contributed by atoms with Gasteiger partial charge in [-0.15, -0.1) is 11.3 Å². The highest BCUT2D eigenvalue weighted by Crippen LogP contribution is 2.51. The third kappa shape index (κ3) is 1.61. The first-order valence-electron chi connectivity index (χ1n) is 5.59. The first-order valence-corrected chi connectivity index (χ1v) is 6.47. The van der Waals surface area contributed by atoms with Crippen LogP contribution in [0.5, 0.6) is 0 Å². The Balaban J connectivity index is 1.52. The summed E-state index contributed by atoms with van der Waals surface area (Å²) < 4.78 is 0. The SMILES string of the molecule is Cc1sccc1CNC1CC2CC2C1. The van der Waals surface area contributed by atoms with Crippen molar-refractivity contribution in [2.75, 3.05) is 0 Å². The summed E-state index contributed by atoms with van der Waals surface area (Å²) in [6.07, 6.45) is 4.40. The zero-order chi connectivity index (χ0) is 9.54. The number of hydrogen-bond donors (Lipinski definition) is 1. The molecule has 0 spiro atoms. The first kappa shape index (κ1) is 8.93. The molecular weight excluding hydrogens is 190 g/mol. The van der Waals surface area contributed by atoms with E-state index in [0.29, 0.717) is 0 Å². The molecule has 2 unspecified atom stereocenters. The second kappa shape index (κ2) is 3.35. The van der Waals surface area contributed by atoms with E-state index in [4.69, 9.17) is 0 Å². The predicted molar refractivity (Wildman–Crippen MR) is 60.5 cm³/mol. The fraction of sp³-hybridized carbons (Fsp3) is 0.667. The number of nitrogens with one attached hydrogen (secondary N) is 1. The Kier molecular flexibility index (Phi) is 2.14. The molecular formula is C12H17NS. The molecule has 1 nitrogen and oxygen atoms in total. The van der Waals surface area contributed by atoms with Crippen LogP contribution < -0.4 is 5.32 Å². The van der Waals surface area contributed by atoms with Gasteiger partial charge in [-0.05, 0) is 55.0 Å². The van der Waals surface area contributed by atoms with E-state index in [0.717, 1.165) is 24.4 Å². The van der Waals surface area contributed by atoms with Crippen molar-refractivity contribution in [3.05, 3.63) is 21.9 Å². The highest BCUT2D eigenvalue weighted by atomic mass is 32.1. The maximum Gasteiger partial charge on any atom is 0.0219 e. The predicted octanol–water partition coefficient (Wildman–Crippen LogP) is 2.94. The van der Waals surface area contributed by atoms with E-state index in [-0.39, 0.29) is 0 Å². The monoisotopic (exact) mass is 207 g/mol. The molecule has 0 saturated heterocycles. The summed E-state index contributed by atoms with van der Waals surface area (Å²) in [4.78, 5) is 1.47. The Morgan fingerprint density at radius 2 is 2.14 bits per heavy atom. The lowest BCUT2D eigenvalue weighted by Gasteiger charge is -2.13. The van der Waals surface area contributed by atoms with Crippen LogP contribution >= 0.6 is 11.3 Å². The van der Waals surface area contributed by atoms with Crippen molar-refractivity contribution in [1.82, 2.24) is 5.32 Å². The van der Waals surface area contributed by atoms with Crippen molar-refractivity contribution in [1.29, 1.82) is 0 Å². The lowest BCUT2D eigenvalue weighted by molar-refractivity contribution is 0.480. The minimum absolute atomic E-state index is 0.818. The van der Waals surface area contributed by atoms with Crippen LogP contribution in [0, 0.1) is 18.8 Å². The van der Waals surface area contributed by atoms with Gasteiger partial charge in [-0.1, -0.05) is 0 Å². The number of fused-ring (bicyclic) bond motifs is 1. The van der Waals surface area contributed by atoms with Gasteiger partial charge in [0.2, 0.25) is 0 Å². The van der Waals surface area contributed by atoms with Crippen molar-refractivity contribution in [3.8, 4) is 0 Å². The Bertz CT molecular complexity index is 321. The lowest BCUT2D eigenvalue weighted by Crippen LogP contribution is -2.26. The van der Waals surface area contributed by atoms with Crippen LogP contribution in [0.4, 0.5) is 0 Å². The second-order valence-electron chi connectivity index (χ2n) is 4.81. The summed E-state index contributed by atoms with van der Waals surface area (Å²) >= 11 is 1.86. The van der Waals surface area contributed by atoms with Gasteiger partial charge in [-0.2, -0.15) is 0 Å². The van der Waals surface area contributed by atoms with Gasteiger partial charge in [0.15, 0.2) is 0 Å². The van der Waals surface area contributed by atoms with E-state index in [2.05, 4.69) is 23.7 Å². The molecule has 2 saturated carbocycles. The topological polar surface area (TPSA) is 12.0 Å². The average Bonchev–Trinajstić information content (AvgIpc) is 2.61. The minimum atomic E-state index is 0.818. The number of aryl methyl sites for hydroxylation is 1. The molecule has 0 amide bonds. The lowest BCUT2D eigenvalue weighted by atomic mass is 10.1. The molecule has 76 valence electrons. The molecule has 1 aromatic heterocycles. The van der Waals surface area contributed by atoms with Gasteiger partial charge in [0.25, 0.3) is 0 Å². The van der Waals surface area contributed by atoms with E-state index in [1.807, 2.05) is 11.3 Å². The van der Waals surface area contributed by atoms with Crippen LogP contribution in [0.2, 0.25) is 0 Å². The molecule has 2 aliphatic rings. The molecule has 2 aliphatic carbocycles. The Hall–Kier alpha value is -0.340. The maximum absolute atomic E-state index is 3.69. The van der Waals surface area contributed by atoms with Gasteiger partial charge < -0.3 is 5.32 Å². The molecule has 0 radical (unpaired) electrons.